The number of hydrogen-bond acceptors (Lipinski definition) is 3. The van der Waals surface area contributed by atoms with E-state index in [1.54, 1.807) is 24.3 Å². The van der Waals surface area contributed by atoms with Gasteiger partial charge in [0, 0.05) is 12.1 Å². The minimum Gasteiger partial charge on any atom is -0.491 e. The molecule has 4 nitrogen and oxygen atoms in total. The molecule has 0 aliphatic heterocycles. The van der Waals surface area contributed by atoms with Gasteiger partial charge in [0.1, 0.15) is 5.75 Å². The zero-order chi connectivity index (χ0) is 15.9. The molecule has 0 fully saturated rings. The lowest BCUT2D eigenvalue weighted by atomic mass is 10.1. The highest BCUT2D eigenvalue weighted by Crippen LogP contribution is 2.14. The van der Waals surface area contributed by atoms with Crippen LogP contribution < -0.4 is 10.1 Å². The maximum atomic E-state index is 12.1. The van der Waals surface area contributed by atoms with Gasteiger partial charge in [-0.15, -0.1) is 0 Å². The zero-order valence-corrected chi connectivity index (χ0v) is 12.7. The van der Waals surface area contributed by atoms with Gasteiger partial charge < -0.3 is 10.1 Å². The molecular formula is C18H18N2O2. The molecule has 22 heavy (non-hydrogen) atoms. The fourth-order valence-electron chi connectivity index (χ4n) is 1.97. The van der Waals surface area contributed by atoms with Gasteiger partial charge in [0.15, 0.2) is 0 Å². The van der Waals surface area contributed by atoms with Gasteiger partial charge in [0.2, 0.25) is 0 Å². The van der Waals surface area contributed by atoms with Crippen molar-refractivity contribution >= 4 is 5.91 Å². The van der Waals surface area contributed by atoms with Gasteiger partial charge in [-0.2, -0.15) is 5.26 Å². The predicted octanol–water partition coefficient (Wildman–Crippen LogP) is 3.28. The zero-order valence-electron chi connectivity index (χ0n) is 12.7. The molecule has 0 saturated heterocycles. The van der Waals surface area contributed by atoms with E-state index in [2.05, 4.69) is 5.32 Å². The summed E-state index contributed by atoms with van der Waals surface area (Å²) in [5, 5.41) is 11.7. The average molecular weight is 294 g/mol. The third kappa shape index (κ3) is 4.35. The molecule has 0 saturated carbocycles. The molecule has 0 aliphatic rings. The van der Waals surface area contributed by atoms with Crippen molar-refractivity contribution in [3.8, 4) is 11.8 Å². The molecule has 0 radical (unpaired) electrons. The smallest absolute Gasteiger partial charge is 0.251 e. The van der Waals surface area contributed by atoms with E-state index < -0.39 is 0 Å². The predicted molar refractivity (Wildman–Crippen MR) is 84.5 cm³/mol. The van der Waals surface area contributed by atoms with Crippen LogP contribution in [0.1, 0.15) is 35.3 Å². The summed E-state index contributed by atoms with van der Waals surface area (Å²) in [5.41, 5.74) is 1.95. The van der Waals surface area contributed by atoms with Gasteiger partial charge in [-0.25, -0.2) is 0 Å². The molecule has 2 aromatic rings. The van der Waals surface area contributed by atoms with E-state index in [9.17, 15) is 4.79 Å². The molecule has 2 rings (SSSR count). The standard InChI is InChI=1S/C18H18N2O2/c1-13(2)22-17-8-6-14(7-9-17)12-20-18(21)16-5-3-4-15(10-16)11-19/h3-10,13H,12H2,1-2H3,(H,20,21). The van der Waals surface area contributed by atoms with Crippen LogP contribution >= 0.6 is 0 Å². The summed E-state index contributed by atoms with van der Waals surface area (Å²) in [6.07, 6.45) is 0.137. The number of carbonyl (C=O) groups excluding carboxylic acids is 1. The van der Waals surface area contributed by atoms with Crippen molar-refractivity contribution in [3.05, 3.63) is 65.2 Å². The molecule has 0 aromatic heterocycles. The Bertz CT molecular complexity index is 685. The van der Waals surface area contributed by atoms with Crippen LogP contribution in [-0.4, -0.2) is 12.0 Å². The van der Waals surface area contributed by atoms with Crippen LogP contribution in [0.25, 0.3) is 0 Å². The monoisotopic (exact) mass is 294 g/mol. The van der Waals surface area contributed by atoms with Crippen molar-refractivity contribution in [2.45, 2.75) is 26.5 Å². The Morgan fingerprint density at radius 1 is 1.23 bits per heavy atom. The summed E-state index contributed by atoms with van der Waals surface area (Å²) < 4.78 is 5.57. The highest BCUT2D eigenvalue weighted by Gasteiger charge is 2.06. The Morgan fingerprint density at radius 3 is 2.59 bits per heavy atom. The molecular weight excluding hydrogens is 276 g/mol. The third-order valence-corrected chi connectivity index (χ3v) is 3.00. The van der Waals surface area contributed by atoms with Crippen LogP contribution in [0.15, 0.2) is 48.5 Å². The second-order valence-corrected chi connectivity index (χ2v) is 5.19. The SMILES string of the molecule is CC(C)Oc1ccc(CNC(=O)c2cccc(C#N)c2)cc1. The number of nitriles is 1. The summed E-state index contributed by atoms with van der Waals surface area (Å²) in [6.45, 7) is 4.38. The van der Waals surface area contributed by atoms with Crippen molar-refractivity contribution in [2.24, 2.45) is 0 Å². The highest BCUT2D eigenvalue weighted by molar-refractivity contribution is 5.94. The first-order valence-corrected chi connectivity index (χ1v) is 7.12. The molecule has 4 heteroatoms. The Hall–Kier alpha value is -2.80. The average Bonchev–Trinajstić information content (AvgIpc) is 2.53. The van der Waals surface area contributed by atoms with Crippen molar-refractivity contribution in [1.29, 1.82) is 5.26 Å². The van der Waals surface area contributed by atoms with E-state index in [1.165, 1.54) is 0 Å². The number of ether oxygens (including phenoxy) is 1. The summed E-state index contributed by atoms with van der Waals surface area (Å²) >= 11 is 0. The quantitative estimate of drug-likeness (QED) is 0.920. The number of hydrogen-bond donors (Lipinski definition) is 1. The van der Waals surface area contributed by atoms with E-state index in [4.69, 9.17) is 10.00 Å². The molecule has 0 heterocycles. The Balaban J connectivity index is 1.94. The minimum absolute atomic E-state index is 0.137. The highest BCUT2D eigenvalue weighted by atomic mass is 16.5. The first kappa shape index (κ1) is 15.6. The van der Waals surface area contributed by atoms with E-state index in [0.717, 1.165) is 11.3 Å². The van der Waals surface area contributed by atoms with Crippen LogP contribution in [0.4, 0.5) is 0 Å². The maximum Gasteiger partial charge on any atom is 0.251 e. The lowest BCUT2D eigenvalue weighted by molar-refractivity contribution is 0.0951. The Kier molecular flexibility index (Phi) is 5.16. The van der Waals surface area contributed by atoms with Gasteiger partial charge >= 0.3 is 0 Å². The molecule has 1 amide bonds. The largest absolute Gasteiger partial charge is 0.491 e. The molecule has 0 unspecified atom stereocenters. The van der Waals surface area contributed by atoms with Crippen LogP contribution in [0.3, 0.4) is 0 Å². The van der Waals surface area contributed by atoms with Crippen molar-refractivity contribution in [3.63, 3.8) is 0 Å². The van der Waals surface area contributed by atoms with Gasteiger partial charge in [-0.05, 0) is 49.7 Å². The topological polar surface area (TPSA) is 62.1 Å². The number of carbonyl (C=O) groups is 1. The summed E-state index contributed by atoms with van der Waals surface area (Å²) in [7, 11) is 0. The van der Waals surface area contributed by atoms with Crippen molar-refractivity contribution < 1.29 is 9.53 Å². The fourth-order valence-corrected chi connectivity index (χ4v) is 1.97. The van der Waals surface area contributed by atoms with E-state index in [-0.39, 0.29) is 12.0 Å². The van der Waals surface area contributed by atoms with Gasteiger partial charge in [-0.3, -0.25) is 4.79 Å². The first-order chi connectivity index (χ1) is 10.6. The van der Waals surface area contributed by atoms with Crippen LogP contribution in [0.2, 0.25) is 0 Å². The molecule has 0 atom stereocenters. The normalized spacial score (nSPS) is 10.1. The number of rotatable bonds is 5. The Morgan fingerprint density at radius 2 is 1.95 bits per heavy atom. The van der Waals surface area contributed by atoms with E-state index >= 15 is 0 Å². The van der Waals surface area contributed by atoms with Gasteiger partial charge in [0.25, 0.3) is 5.91 Å². The molecule has 0 bridgehead atoms. The van der Waals surface area contributed by atoms with Crippen molar-refractivity contribution in [1.82, 2.24) is 5.32 Å². The molecule has 0 spiro atoms. The van der Waals surface area contributed by atoms with Crippen molar-refractivity contribution in [2.75, 3.05) is 0 Å². The molecule has 1 N–H and O–H groups in total. The lowest BCUT2D eigenvalue weighted by Crippen LogP contribution is -2.22. The molecule has 112 valence electrons. The van der Waals surface area contributed by atoms with Gasteiger partial charge in [-0.1, -0.05) is 18.2 Å². The number of amides is 1. The molecule has 2 aromatic carbocycles. The summed E-state index contributed by atoms with van der Waals surface area (Å²) in [5.74, 6) is 0.617. The van der Waals surface area contributed by atoms with Gasteiger partial charge in [0.05, 0.1) is 17.7 Å². The third-order valence-electron chi connectivity index (χ3n) is 3.00. The van der Waals surface area contributed by atoms with E-state index in [0.29, 0.717) is 17.7 Å². The lowest BCUT2D eigenvalue weighted by Gasteiger charge is -2.10. The Labute approximate surface area is 130 Å². The summed E-state index contributed by atoms with van der Waals surface area (Å²) in [6, 6.07) is 16.3. The summed E-state index contributed by atoms with van der Waals surface area (Å²) in [4.78, 5) is 12.1. The molecule has 0 aliphatic carbocycles. The van der Waals surface area contributed by atoms with Crippen LogP contribution in [0, 0.1) is 11.3 Å². The van der Waals surface area contributed by atoms with Crippen LogP contribution in [0.5, 0.6) is 5.75 Å². The fraction of sp³-hybridized carbons (Fsp3) is 0.222. The number of nitrogens with zero attached hydrogens (tertiary/aromatic N) is 1. The van der Waals surface area contributed by atoms with E-state index in [1.807, 2.05) is 44.2 Å². The first-order valence-electron chi connectivity index (χ1n) is 7.12. The second kappa shape index (κ2) is 7.28. The number of benzene rings is 2. The minimum atomic E-state index is -0.195. The van der Waals surface area contributed by atoms with Crippen LogP contribution in [-0.2, 0) is 6.54 Å². The maximum absolute atomic E-state index is 12.1. The second-order valence-electron chi connectivity index (χ2n) is 5.19. The number of nitrogens with one attached hydrogen (secondary N) is 1.